The number of rotatable bonds is 46. The summed E-state index contributed by atoms with van der Waals surface area (Å²) in [7, 11) is -4.31. The molecule has 0 aliphatic carbocycles. The Morgan fingerprint density at radius 2 is 0.655 bits per heavy atom. The lowest BCUT2D eigenvalue weighted by Gasteiger charge is -2.23. The van der Waals surface area contributed by atoms with Crippen LogP contribution in [0.2, 0.25) is 0 Å². The largest absolute Gasteiger partial charge is 0.391 e. The standard InChI is InChI=1S/C48H97NO5S/c1-3-5-7-9-11-13-15-17-19-21-23-24-26-28-30-32-34-36-38-40-42-44-48(51)49-46(45-55(52,53)54)47(50)43-41-39-37-35-33-31-29-27-25-22-20-18-16-14-12-10-8-6-4-2/h46-47,50H,3-45H2,1-2H3,(H,49,51)(H,52,53,54). The number of hydrogen-bond donors (Lipinski definition) is 3. The van der Waals surface area contributed by atoms with Gasteiger partial charge in [-0.2, -0.15) is 8.42 Å². The van der Waals surface area contributed by atoms with Crippen LogP contribution < -0.4 is 5.32 Å². The normalized spacial score (nSPS) is 13.0. The van der Waals surface area contributed by atoms with E-state index in [0.29, 0.717) is 12.8 Å². The lowest BCUT2D eigenvalue weighted by Crippen LogP contribution is -2.47. The molecule has 0 spiro atoms. The summed E-state index contributed by atoms with van der Waals surface area (Å²) in [4.78, 5) is 12.6. The van der Waals surface area contributed by atoms with Crippen LogP contribution in [-0.2, 0) is 14.9 Å². The van der Waals surface area contributed by atoms with Crippen molar-refractivity contribution in [3.8, 4) is 0 Å². The first-order valence-electron chi connectivity index (χ1n) is 24.7. The van der Waals surface area contributed by atoms with Crippen LogP contribution in [0.3, 0.4) is 0 Å². The van der Waals surface area contributed by atoms with Crippen LogP contribution in [0.25, 0.3) is 0 Å². The fourth-order valence-corrected chi connectivity index (χ4v) is 8.86. The molecular weight excluding hydrogens is 703 g/mol. The maximum atomic E-state index is 12.6. The van der Waals surface area contributed by atoms with Crippen molar-refractivity contribution in [2.45, 2.75) is 296 Å². The minimum Gasteiger partial charge on any atom is -0.391 e. The van der Waals surface area contributed by atoms with Crippen LogP contribution in [0.15, 0.2) is 0 Å². The van der Waals surface area contributed by atoms with Gasteiger partial charge < -0.3 is 10.4 Å². The van der Waals surface area contributed by atoms with Gasteiger partial charge in [-0.3, -0.25) is 9.35 Å². The van der Waals surface area contributed by atoms with Crippen molar-refractivity contribution in [1.29, 1.82) is 0 Å². The van der Waals surface area contributed by atoms with Gasteiger partial charge in [0.05, 0.1) is 17.9 Å². The number of unbranched alkanes of at least 4 members (excludes halogenated alkanes) is 38. The molecule has 6 nitrogen and oxygen atoms in total. The second-order valence-electron chi connectivity index (χ2n) is 17.5. The van der Waals surface area contributed by atoms with E-state index in [1.54, 1.807) is 0 Å². The summed E-state index contributed by atoms with van der Waals surface area (Å²) in [6.45, 7) is 4.56. The van der Waals surface area contributed by atoms with Crippen LogP contribution in [0.4, 0.5) is 0 Å². The average Bonchev–Trinajstić information content (AvgIpc) is 3.15. The van der Waals surface area contributed by atoms with Gasteiger partial charge in [0.25, 0.3) is 10.1 Å². The molecule has 0 saturated carbocycles. The van der Waals surface area contributed by atoms with Crippen molar-refractivity contribution in [2.24, 2.45) is 0 Å². The average molecular weight is 800 g/mol. The molecule has 0 heterocycles. The van der Waals surface area contributed by atoms with Gasteiger partial charge in [-0.05, 0) is 12.8 Å². The van der Waals surface area contributed by atoms with Gasteiger partial charge >= 0.3 is 0 Å². The summed E-state index contributed by atoms with van der Waals surface area (Å²) in [5.41, 5.74) is 0. The second kappa shape index (κ2) is 42.9. The van der Waals surface area contributed by atoms with Gasteiger partial charge in [0, 0.05) is 6.42 Å². The summed E-state index contributed by atoms with van der Waals surface area (Å²) in [5.74, 6) is -0.878. The Morgan fingerprint density at radius 1 is 0.418 bits per heavy atom. The monoisotopic (exact) mass is 800 g/mol. The van der Waals surface area contributed by atoms with Crippen molar-refractivity contribution in [3.05, 3.63) is 0 Å². The van der Waals surface area contributed by atoms with Crippen molar-refractivity contribution in [3.63, 3.8) is 0 Å². The highest BCUT2D eigenvalue weighted by molar-refractivity contribution is 7.85. The predicted octanol–water partition coefficient (Wildman–Crippen LogP) is 15.1. The van der Waals surface area contributed by atoms with Gasteiger partial charge in [-0.15, -0.1) is 0 Å². The molecule has 2 atom stereocenters. The minimum absolute atomic E-state index is 0.237. The predicted molar refractivity (Wildman–Crippen MR) is 240 cm³/mol. The number of nitrogens with one attached hydrogen (secondary N) is 1. The molecule has 55 heavy (non-hydrogen) atoms. The molecular formula is C48H97NO5S. The van der Waals surface area contributed by atoms with E-state index in [-0.39, 0.29) is 5.91 Å². The molecule has 0 aromatic carbocycles. The molecule has 330 valence electrons. The molecule has 2 unspecified atom stereocenters. The zero-order valence-electron chi connectivity index (χ0n) is 37.1. The number of carbonyl (C=O) groups is 1. The van der Waals surface area contributed by atoms with Crippen LogP contribution in [-0.4, -0.2) is 41.9 Å². The molecule has 1 amide bonds. The molecule has 0 radical (unpaired) electrons. The Morgan fingerprint density at radius 3 is 0.909 bits per heavy atom. The molecule has 0 bridgehead atoms. The maximum absolute atomic E-state index is 12.6. The first-order chi connectivity index (χ1) is 26.8. The second-order valence-corrected chi connectivity index (χ2v) is 19.0. The van der Waals surface area contributed by atoms with E-state index in [1.165, 1.54) is 218 Å². The Hall–Kier alpha value is -0.660. The van der Waals surface area contributed by atoms with Crippen molar-refractivity contribution in [2.75, 3.05) is 5.75 Å². The lowest BCUT2D eigenvalue weighted by atomic mass is 10.0. The van der Waals surface area contributed by atoms with Crippen LogP contribution in [0.5, 0.6) is 0 Å². The van der Waals surface area contributed by atoms with E-state index < -0.39 is 28.0 Å². The quantitative estimate of drug-likeness (QED) is 0.0420. The van der Waals surface area contributed by atoms with E-state index in [4.69, 9.17) is 0 Å². The fraction of sp³-hybridized carbons (Fsp3) is 0.979. The first kappa shape index (κ1) is 54.3. The smallest absolute Gasteiger partial charge is 0.266 e. The van der Waals surface area contributed by atoms with Gasteiger partial charge in [0.2, 0.25) is 5.91 Å². The number of aliphatic hydroxyl groups is 1. The molecule has 0 aliphatic rings. The zero-order chi connectivity index (χ0) is 40.3. The van der Waals surface area contributed by atoms with E-state index in [2.05, 4.69) is 19.2 Å². The van der Waals surface area contributed by atoms with E-state index >= 15 is 0 Å². The van der Waals surface area contributed by atoms with Crippen molar-refractivity contribution >= 4 is 16.0 Å². The van der Waals surface area contributed by atoms with Crippen molar-refractivity contribution in [1.82, 2.24) is 5.32 Å². The van der Waals surface area contributed by atoms with Crippen molar-refractivity contribution < 1.29 is 22.9 Å². The van der Waals surface area contributed by atoms with E-state index in [0.717, 1.165) is 38.5 Å². The van der Waals surface area contributed by atoms with E-state index in [9.17, 15) is 22.9 Å². The number of aliphatic hydroxyl groups excluding tert-OH is 1. The highest BCUT2D eigenvalue weighted by atomic mass is 32.2. The van der Waals surface area contributed by atoms with Crippen LogP contribution in [0, 0.1) is 0 Å². The van der Waals surface area contributed by atoms with Gasteiger partial charge in [0.15, 0.2) is 0 Å². The Bertz CT molecular complexity index is 882. The van der Waals surface area contributed by atoms with E-state index in [1.807, 2.05) is 0 Å². The number of amides is 1. The minimum atomic E-state index is -4.31. The number of carbonyl (C=O) groups excluding carboxylic acids is 1. The SMILES string of the molecule is CCCCCCCCCCCCCCCCCCCCCCCC(=O)NC(CS(=O)(=O)O)C(O)CCCCCCCCCCCCCCCCCCCCC. The molecule has 0 aliphatic heterocycles. The summed E-state index contributed by atoms with van der Waals surface area (Å²) in [6, 6.07) is -0.965. The van der Waals surface area contributed by atoms with Crippen LogP contribution in [0.1, 0.15) is 284 Å². The number of hydrogen-bond acceptors (Lipinski definition) is 4. The molecule has 0 fully saturated rings. The van der Waals surface area contributed by atoms with Crippen LogP contribution >= 0.6 is 0 Å². The third kappa shape index (κ3) is 44.3. The maximum Gasteiger partial charge on any atom is 0.266 e. The van der Waals surface area contributed by atoms with Gasteiger partial charge in [0.1, 0.15) is 0 Å². The first-order valence-corrected chi connectivity index (χ1v) is 26.3. The third-order valence-electron chi connectivity index (χ3n) is 11.8. The summed E-state index contributed by atoms with van der Waals surface area (Å²) >= 11 is 0. The van der Waals surface area contributed by atoms with Gasteiger partial charge in [-0.25, -0.2) is 0 Å². The summed E-state index contributed by atoms with van der Waals surface area (Å²) in [6.07, 6.45) is 52.1. The Kier molecular flexibility index (Phi) is 42.4. The molecule has 0 rings (SSSR count). The lowest BCUT2D eigenvalue weighted by molar-refractivity contribution is -0.122. The fourth-order valence-electron chi connectivity index (χ4n) is 8.11. The molecule has 3 N–H and O–H groups in total. The third-order valence-corrected chi connectivity index (χ3v) is 12.6. The Balaban J connectivity index is 3.72. The highest BCUT2D eigenvalue weighted by Gasteiger charge is 2.26. The Labute approximate surface area is 344 Å². The summed E-state index contributed by atoms with van der Waals surface area (Å²) < 4.78 is 32.7. The highest BCUT2D eigenvalue weighted by Crippen LogP contribution is 2.18. The summed E-state index contributed by atoms with van der Waals surface area (Å²) in [5, 5.41) is 13.4. The molecule has 0 aromatic rings. The molecule has 7 heteroatoms. The van der Waals surface area contributed by atoms with Gasteiger partial charge in [-0.1, -0.05) is 264 Å². The molecule has 0 saturated heterocycles. The molecule has 0 aromatic heterocycles. The topological polar surface area (TPSA) is 104 Å². The zero-order valence-corrected chi connectivity index (χ0v) is 37.9.